The monoisotopic (exact) mass is 285 g/mol. The Balaban J connectivity index is 2.29. The molecule has 0 saturated heterocycles. The van der Waals surface area contributed by atoms with Crippen molar-refractivity contribution in [2.75, 3.05) is 13.2 Å². The van der Waals surface area contributed by atoms with Gasteiger partial charge in [-0.3, -0.25) is 9.59 Å². The number of fused-ring (bicyclic) bond motifs is 1. The van der Waals surface area contributed by atoms with Crippen molar-refractivity contribution in [2.45, 2.75) is 20.3 Å². The SMILES string of the molecule is CCCNC(=O)COc1c(C(C)=O)ccc2ccccc12. The maximum Gasteiger partial charge on any atom is 0.257 e. The lowest BCUT2D eigenvalue weighted by Crippen LogP contribution is -2.29. The van der Waals surface area contributed by atoms with Crippen LogP contribution in [0.5, 0.6) is 5.75 Å². The van der Waals surface area contributed by atoms with E-state index >= 15 is 0 Å². The van der Waals surface area contributed by atoms with Gasteiger partial charge in [0, 0.05) is 11.9 Å². The van der Waals surface area contributed by atoms with Gasteiger partial charge in [0.1, 0.15) is 5.75 Å². The number of nitrogens with one attached hydrogen (secondary N) is 1. The number of carbonyl (C=O) groups excluding carboxylic acids is 2. The Morgan fingerprint density at radius 1 is 1.14 bits per heavy atom. The molecule has 0 atom stereocenters. The first kappa shape index (κ1) is 15.0. The van der Waals surface area contributed by atoms with E-state index in [0.717, 1.165) is 17.2 Å². The predicted octanol–water partition coefficient (Wildman–Crippen LogP) is 2.95. The van der Waals surface area contributed by atoms with Crippen molar-refractivity contribution in [3.05, 3.63) is 42.0 Å². The molecule has 0 spiro atoms. The molecule has 0 aliphatic heterocycles. The summed E-state index contributed by atoms with van der Waals surface area (Å²) in [5.74, 6) is 0.219. The molecule has 2 rings (SSSR count). The molecule has 1 amide bonds. The van der Waals surface area contributed by atoms with E-state index in [2.05, 4.69) is 5.32 Å². The highest BCUT2D eigenvalue weighted by molar-refractivity contribution is 6.03. The number of carbonyl (C=O) groups is 2. The van der Waals surface area contributed by atoms with Crippen molar-refractivity contribution in [3.8, 4) is 5.75 Å². The van der Waals surface area contributed by atoms with E-state index in [1.54, 1.807) is 6.07 Å². The summed E-state index contributed by atoms with van der Waals surface area (Å²) in [6.07, 6.45) is 0.874. The molecule has 0 saturated carbocycles. The number of hydrogen-bond acceptors (Lipinski definition) is 3. The van der Waals surface area contributed by atoms with Crippen LogP contribution in [0.1, 0.15) is 30.6 Å². The third-order valence-electron chi connectivity index (χ3n) is 3.18. The Morgan fingerprint density at radius 3 is 2.62 bits per heavy atom. The van der Waals surface area contributed by atoms with Crippen molar-refractivity contribution in [1.29, 1.82) is 0 Å². The number of rotatable bonds is 6. The fourth-order valence-corrected chi connectivity index (χ4v) is 2.13. The maximum absolute atomic E-state index is 11.7. The first-order valence-corrected chi connectivity index (χ1v) is 7.05. The van der Waals surface area contributed by atoms with E-state index in [-0.39, 0.29) is 18.3 Å². The van der Waals surface area contributed by atoms with Crippen molar-refractivity contribution >= 4 is 22.5 Å². The van der Waals surface area contributed by atoms with Gasteiger partial charge in [-0.2, -0.15) is 0 Å². The number of amides is 1. The van der Waals surface area contributed by atoms with Crippen LogP contribution >= 0.6 is 0 Å². The number of ketones is 1. The fourth-order valence-electron chi connectivity index (χ4n) is 2.13. The summed E-state index contributed by atoms with van der Waals surface area (Å²) in [5.41, 5.74) is 0.497. The zero-order chi connectivity index (χ0) is 15.2. The van der Waals surface area contributed by atoms with Crippen molar-refractivity contribution in [1.82, 2.24) is 5.32 Å². The van der Waals surface area contributed by atoms with Crippen LogP contribution in [-0.2, 0) is 4.79 Å². The lowest BCUT2D eigenvalue weighted by Gasteiger charge is -2.13. The first-order chi connectivity index (χ1) is 10.1. The van der Waals surface area contributed by atoms with Crippen molar-refractivity contribution in [2.24, 2.45) is 0 Å². The minimum atomic E-state index is -0.181. The van der Waals surface area contributed by atoms with Crippen LogP contribution in [0, 0.1) is 0 Å². The molecule has 4 nitrogen and oxygen atoms in total. The zero-order valence-electron chi connectivity index (χ0n) is 12.3. The average Bonchev–Trinajstić information content (AvgIpc) is 2.50. The van der Waals surface area contributed by atoms with Crippen LogP contribution in [0.25, 0.3) is 10.8 Å². The quantitative estimate of drug-likeness (QED) is 0.830. The molecule has 21 heavy (non-hydrogen) atoms. The Kier molecular flexibility index (Phi) is 4.93. The van der Waals surface area contributed by atoms with E-state index in [1.165, 1.54) is 6.92 Å². The minimum Gasteiger partial charge on any atom is -0.482 e. The van der Waals surface area contributed by atoms with Crippen LogP contribution in [-0.4, -0.2) is 24.8 Å². The second-order valence-electron chi connectivity index (χ2n) is 4.86. The number of hydrogen-bond donors (Lipinski definition) is 1. The molecule has 0 heterocycles. The molecule has 2 aromatic carbocycles. The highest BCUT2D eigenvalue weighted by Crippen LogP contribution is 2.30. The van der Waals surface area contributed by atoms with Crippen molar-refractivity contribution in [3.63, 3.8) is 0 Å². The molecule has 0 aliphatic rings. The Morgan fingerprint density at radius 2 is 1.90 bits per heavy atom. The molecule has 0 aromatic heterocycles. The second kappa shape index (κ2) is 6.88. The molecule has 0 bridgehead atoms. The highest BCUT2D eigenvalue weighted by Gasteiger charge is 2.13. The summed E-state index contributed by atoms with van der Waals surface area (Å²) in [4.78, 5) is 23.4. The Hall–Kier alpha value is -2.36. The minimum absolute atomic E-state index is 0.0790. The maximum atomic E-state index is 11.7. The Bertz CT molecular complexity index is 664. The molecular weight excluding hydrogens is 266 g/mol. The number of Topliss-reactive ketones (excluding diaryl/α,β-unsaturated/α-hetero) is 1. The van der Waals surface area contributed by atoms with E-state index in [9.17, 15) is 9.59 Å². The van der Waals surface area contributed by atoms with Crippen LogP contribution in [0.15, 0.2) is 36.4 Å². The van der Waals surface area contributed by atoms with Gasteiger partial charge in [0.2, 0.25) is 0 Å². The zero-order valence-corrected chi connectivity index (χ0v) is 12.3. The molecule has 2 aromatic rings. The molecule has 0 fully saturated rings. The van der Waals surface area contributed by atoms with Gasteiger partial charge in [0.25, 0.3) is 5.91 Å². The number of benzene rings is 2. The fraction of sp³-hybridized carbons (Fsp3) is 0.294. The molecule has 4 heteroatoms. The van der Waals surface area contributed by atoms with Gasteiger partial charge >= 0.3 is 0 Å². The van der Waals surface area contributed by atoms with Gasteiger partial charge in [-0.15, -0.1) is 0 Å². The highest BCUT2D eigenvalue weighted by atomic mass is 16.5. The predicted molar refractivity (Wildman–Crippen MR) is 82.7 cm³/mol. The summed E-state index contributed by atoms with van der Waals surface area (Å²) >= 11 is 0. The topological polar surface area (TPSA) is 55.4 Å². The summed E-state index contributed by atoms with van der Waals surface area (Å²) < 4.78 is 5.64. The van der Waals surface area contributed by atoms with Gasteiger partial charge in [-0.25, -0.2) is 0 Å². The summed E-state index contributed by atoms with van der Waals surface area (Å²) in [5, 5.41) is 4.57. The first-order valence-electron chi connectivity index (χ1n) is 7.05. The van der Waals surface area contributed by atoms with Crippen molar-refractivity contribution < 1.29 is 14.3 Å². The third-order valence-corrected chi connectivity index (χ3v) is 3.18. The molecule has 0 aliphatic carbocycles. The average molecular weight is 285 g/mol. The standard InChI is InChI=1S/C17H19NO3/c1-3-10-18-16(20)11-21-17-14(12(2)19)9-8-13-6-4-5-7-15(13)17/h4-9H,3,10-11H2,1-2H3,(H,18,20). The smallest absolute Gasteiger partial charge is 0.257 e. The van der Waals surface area contributed by atoms with Gasteiger partial charge < -0.3 is 10.1 Å². The Labute approximate surface area is 124 Å². The summed E-state index contributed by atoms with van der Waals surface area (Å²) in [6, 6.07) is 11.3. The number of ether oxygens (including phenoxy) is 1. The van der Waals surface area contributed by atoms with E-state index in [4.69, 9.17) is 4.74 Å². The van der Waals surface area contributed by atoms with E-state index in [0.29, 0.717) is 17.9 Å². The largest absolute Gasteiger partial charge is 0.482 e. The lowest BCUT2D eigenvalue weighted by atomic mass is 10.0. The van der Waals surface area contributed by atoms with Crippen LogP contribution in [0.2, 0.25) is 0 Å². The van der Waals surface area contributed by atoms with Crippen LogP contribution < -0.4 is 10.1 Å². The molecule has 0 unspecified atom stereocenters. The van der Waals surface area contributed by atoms with Gasteiger partial charge in [0.05, 0.1) is 5.56 Å². The van der Waals surface area contributed by atoms with Gasteiger partial charge in [-0.1, -0.05) is 37.3 Å². The van der Waals surface area contributed by atoms with Gasteiger partial charge in [0.15, 0.2) is 12.4 Å². The summed E-state index contributed by atoms with van der Waals surface area (Å²) in [6.45, 7) is 4.01. The molecule has 110 valence electrons. The normalized spacial score (nSPS) is 10.4. The van der Waals surface area contributed by atoms with E-state index < -0.39 is 0 Å². The molecule has 0 radical (unpaired) electrons. The molecule has 1 N–H and O–H groups in total. The summed E-state index contributed by atoms with van der Waals surface area (Å²) in [7, 11) is 0. The van der Waals surface area contributed by atoms with Crippen LogP contribution in [0.3, 0.4) is 0 Å². The van der Waals surface area contributed by atoms with Gasteiger partial charge in [-0.05, 0) is 24.8 Å². The third kappa shape index (κ3) is 3.60. The molecular formula is C17H19NO3. The van der Waals surface area contributed by atoms with Crippen LogP contribution in [0.4, 0.5) is 0 Å². The lowest BCUT2D eigenvalue weighted by molar-refractivity contribution is -0.123. The second-order valence-corrected chi connectivity index (χ2v) is 4.86. The van der Waals surface area contributed by atoms with E-state index in [1.807, 2.05) is 37.3 Å².